The van der Waals surface area contributed by atoms with Gasteiger partial charge in [0.1, 0.15) is 23.6 Å². The summed E-state index contributed by atoms with van der Waals surface area (Å²) < 4.78 is 59.7. The lowest BCUT2D eigenvalue weighted by Gasteiger charge is -2.34. The van der Waals surface area contributed by atoms with Gasteiger partial charge in [-0.1, -0.05) is 41.9 Å². The van der Waals surface area contributed by atoms with Crippen molar-refractivity contribution in [3.8, 4) is 17.3 Å². The Balaban J connectivity index is 1.49. The lowest BCUT2D eigenvalue weighted by molar-refractivity contribution is -0.139. The van der Waals surface area contributed by atoms with Gasteiger partial charge in [-0.2, -0.15) is 23.1 Å². The van der Waals surface area contributed by atoms with E-state index in [0.29, 0.717) is 35.5 Å². The minimum absolute atomic E-state index is 0.00195. The molecular formula is C26H22ClF4N5O2. The van der Waals surface area contributed by atoms with E-state index in [9.17, 15) is 18.3 Å². The van der Waals surface area contributed by atoms with Crippen LogP contribution in [0.5, 0.6) is 6.01 Å². The smallest absolute Gasteiger partial charge is 0.392 e. The fourth-order valence-corrected chi connectivity index (χ4v) is 5.54. The molecule has 2 N–H and O–H groups in total. The van der Waals surface area contributed by atoms with E-state index in [1.165, 1.54) is 6.20 Å². The van der Waals surface area contributed by atoms with E-state index in [2.05, 4.69) is 20.3 Å². The monoisotopic (exact) mass is 547 g/mol. The number of piperazine rings is 1. The zero-order chi connectivity index (χ0) is 26.6. The number of aliphatic hydroxyl groups excluding tert-OH is 1. The fraction of sp³-hybridized carbons (Fsp3) is 0.346. The summed E-state index contributed by atoms with van der Waals surface area (Å²) in [5, 5.41) is 15.8. The van der Waals surface area contributed by atoms with Gasteiger partial charge in [0.05, 0.1) is 24.0 Å². The number of anilines is 1. The van der Waals surface area contributed by atoms with Gasteiger partial charge in [0.25, 0.3) is 0 Å². The highest BCUT2D eigenvalue weighted by Crippen LogP contribution is 2.38. The lowest BCUT2D eigenvalue weighted by atomic mass is 10.0. The van der Waals surface area contributed by atoms with Crippen LogP contribution >= 0.6 is 11.6 Å². The Hall–Kier alpha value is -3.28. The number of ether oxygens (including phenoxy) is 1. The van der Waals surface area contributed by atoms with E-state index in [1.54, 1.807) is 24.3 Å². The average molecular weight is 548 g/mol. The van der Waals surface area contributed by atoms with Crippen LogP contribution in [0.4, 0.5) is 23.4 Å². The molecule has 2 aromatic heterocycles. The van der Waals surface area contributed by atoms with Crippen molar-refractivity contribution in [1.29, 1.82) is 0 Å². The van der Waals surface area contributed by atoms with E-state index in [1.807, 2.05) is 17.0 Å². The number of benzene rings is 2. The molecule has 4 aromatic rings. The highest BCUT2D eigenvalue weighted by atomic mass is 35.5. The predicted molar refractivity (Wildman–Crippen MR) is 135 cm³/mol. The minimum Gasteiger partial charge on any atom is -0.463 e. The number of nitrogens with zero attached hydrogens (tertiary/aromatic N) is 4. The molecule has 4 heterocycles. The molecule has 2 aromatic carbocycles. The van der Waals surface area contributed by atoms with Crippen molar-refractivity contribution < 1.29 is 27.4 Å². The van der Waals surface area contributed by atoms with Gasteiger partial charge in [-0.15, -0.1) is 0 Å². The fourth-order valence-electron chi connectivity index (χ4n) is 5.26. The molecule has 2 aliphatic rings. The third-order valence-corrected chi connectivity index (χ3v) is 7.28. The largest absolute Gasteiger partial charge is 0.463 e. The average Bonchev–Trinajstić information content (AvgIpc) is 3.13. The summed E-state index contributed by atoms with van der Waals surface area (Å²) in [6, 6.07) is 10.1. The number of fused-ring (bicyclic) bond motifs is 4. The van der Waals surface area contributed by atoms with Crippen molar-refractivity contribution in [2.75, 3.05) is 24.6 Å². The summed E-state index contributed by atoms with van der Waals surface area (Å²) in [5.41, 5.74) is 0.325. The van der Waals surface area contributed by atoms with E-state index in [4.69, 9.17) is 16.3 Å². The summed E-state index contributed by atoms with van der Waals surface area (Å²) in [5.74, 6) is -0.478. The Morgan fingerprint density at radius 2 is 1.92 bits per heavy atom. The molecule has 0 saturated carbocycles. The van der Waals surface area contributed by atoms with Gasteiger partial charge in [-0.25, -0.2) is 4.39 Å². The van der Waals surface area contributed by atoms with Crippen LogP contribution in [0.2, 0.25) is 5.02 Å². The Kier molecular flexibility index (Phi) is 6.24. The zero-order valence-electron chi connectivity index (χ0n) is 19.8. The molecule has 0 unspecified atom stereocenters. The first-order valence-electron chi connectivity index (χ1n) is 12.1. The topological polar surface area (TPSA) is 83.4 Å². The predicted octanol–water partition coefficient (Wildman–Crippen LogP) is 4.88. The van der Waals surface area contributed by atoms with E-state index in [0.717, 1.165) is 5.39 Å². The molecule has 0 radical (unpaired) electrons. The summed E-state index contributed by atoms with van der Waals surface area (Å²) >= 11 is 6.45. The second kappa shape index (κ2) is 9.48. The summed E-state index contributed by atoms with van der Waals surface area (Å²) in [7, 11) is 0. The first-order chi connectivity index (χ1) is 18.2. The molecule has 2 bridgehead atoms. The third kappa shape index (κ3) is 4.59. The van der Waals surface area contributed by atoms with Crippen LogP contribution in [0.25, 0.3) is 32.9 Å². The molecule has 6 rings (SSSR count). The molecule has 2 aliphatic heterocycles. The number of hydrogen-bond donors (Lipinski definition) is 2. The molecule has 38 heavy (non-hydrogen) atoms. The Morgan fingerprint density at radius 1 is 1.13 bits per heavy atom. The Labute approximate surface area is 219 Å². The van der Waals surface area contributed by atoms with Gasteiger partial charge in [0.15, 0.2) is 5.82 Å². The van der Waals surface area contributed by atoms with Crippen molar-refractivity contribution in [3.63, 3.8) is 0 Å². The van der Waals surface area contributed by atoms with Crippen LogP contribution < -0.4 is 15.0 Å². The van der Waals surface area contributed by atoms with E-state index < -0.39 is 31.1 Å². The molecule has 0 spiro atoms. The maximum Gasteiger partial charge on any atom is 0.392 e. The quantitative estimate of drug-likeness (QED) is 0.345. The maximum absolute atomic E-state index is 16.2. The van der Waals surface area contributed by atoms with E-state index in [-0.39, 0.29) is 40.5 Å². The molecule has 3 atom stereocenters. The summed E-state index contributed by atoms with van der Waals surface area (Å²) in [6.45, 7) is 0.122. The first kappa shape index (κ1) is 25.0. The lowest BCUT2D eigenvalue weighted by Crippen LogP contribution is -2.53. The Morgan fingerprint density at radius 3 is 2.68 bits per heavy atom. The van der Waals surface area contributed by atoms with Crippen LogP contribution in [-0.2, 0) is 0 Å². The normalized spacial score (nSPS) is 21.4. The SMILES string of the molecule is O[C@@H]1C[C@@H]2CN(c3nc(OCCC(F)(F)F)nc4c(F)c(-c5cccc6cccc(Cl)c56)ncc34)C[C@H]1N2. The van der Waals surface area contributed by atoms with Crippen molar-refractivity contribution in [3.05, 3.63) is 53.4 Å². The molecule has 0 amide bonds. The number of aromatic nitrogens is 3. The van der Waals surface area contributed by atoms with Crippen LogP contribution in [-0.4, -0.2) is 64.1 Å². The standard InChI is InChI=1S/C26H22ClF4N5O2/c27-17-6-2-4-13-3-1-5-15(20(13)17)22-21(28)23-16(10-32-22)24(35-25(34-23)38-8-7-26(29,30)31)36-11-14-9-19(37)18(12-36)33-14/h1-6,10,14,18-19,33,37H,7-9,11-12H2/t14-,18-,19-/m1/s1. The second-order valence-electron chi connectivity index (χ2n) is 9.55. The maximum atomic E-state index is 16.2. The third-order valence-electron chi connectivity index (χ3n) is 6.97. The highest BCUT2D eigenvalue weighted by Gasteiger charge is 2.40. The number of hydrogen-bond acceptors (Lipinski definition) is 7. The molecule has 2 fully saturated rings. The molecule has 198 valence electrons. The van der Waals surface area contributed by atoms with Crippen molar-refractivity contribution in [2.24, 2.45) is 0 Å². The van der Waals surface area contributed by atoms with Gasteiger partial charge in [-0.05, 0) is 17.9 Å². The van der Waals surface area contributed by atoms with Crippen LogP contribution in [0.15, 0.2) is 42.6 Å². The second-order valence-corrected chi connectivity index (χ2v) is 9.96. The van der Waals surface area contributed by atoms with Crippen molar-refractivity contribution in [2.45, 2.75) is 37.2 Å². The molecule has 2 saturated heterocycles. The number of aliphatic hydroxyl groups is 1. The van der Waals surface area contributed by atoms with Gasteiger partial charge in [-0.3, -0.25) is 4.98 Å². The first-order valence-corrected chi connectivity index (χ1v) is 12.5. The number of halogens is 5. The van der Waals surface area contributed by atoms with Crippen LogP contribution in [0.1, 0.15) is 12.8 Å². The van der Waals surface area contributed by atoms with E-state index >= 15 is 4.39 Å². The molecule has 12 heteroatoms. The minimum atomic E-state index is -4.43. The van der Waals surface area contributed by atoms with Gasteiger partial charge < -0.3 is 20.1 Å². The molecule has 7 nitrogen and oxygen atoms in total. The summed E-state index contributed by atoms with van der Waals surface area (Å²) in [4.78, 5) is 14.8. The van der Waals surface area contributed by atoms with Gasteiger partial charge >= 0.3 is 12.2 Å². The van der Waals surface area contributed by atoms with Crippen LogP contribution in [0.3, 0.4) is 0 Å². The highest BCUT2D eigenvalue weighted by molar-refractivity contribution is 6.36. The molecule has 0 aliphatic carbocycles. The number of nitrogens with one attached hydrogen (secondary N) is 1. The van der Waals surface area contributed by atoms with Crippen LogP contribution in [0, 0.1) is 5.82 Å². The van der Waals surface area contributed by atoms with Gasteiger partial charge in [0, 0.05) is 41.3 Å². The Bertz CT molecular complexity index is 1530. The number of rotatable bonds is 5. The molecular weight excluding hydrogens is 526 g/mol. The van der Waals surface area contributed by atoms with Gasteiger partial charge in [0.2, 0.25) is 0 Å². The number of alkyl halides is 3. The number of pyridine rings is 1. The van der Waals surface area contributed by atoms with Crippen molar-refractivity contribution >= 4 is 39.1 Å². The summed E-state index contributed by atoms with van der Waals surface area (Å²) in [6.07, 6.45) is -4.16. The van der Waals surface area contributed by atoms with Crippen molar-refractivity contribution in [1.82, 2.24) is 20.3 Å². The zero-order valence-corrected chi connectivity index (χ0v) is 20.6.